The minimum atomic E-state index is -0.545. The molecule has 0 radical (unpaired) electrons. The molecule has 3 nitrogen and oxygen atoms in total. The van der Waals surface area contributed by atoms with Crippen LogP contribution in [-0.4, -0.2) is 18.6 Å². The molecule has 0 fully saturated rings. The zero-order valence-electron chi connectivity index (χ0n) is 14.7. The summed E-state index contributed by atoms with van der Waals surface area (Å²) in [5, 5.41) is 5.79. The molecule has 1 unspecified atom stereocenters. The van der Waals surface area contributed by atoms with Crippen LogP contribution < -0.4 is 10.1 Å². The van der Waals surface area contributed by atoms with Gasteiger partial charge in [-0.1, -0.05) is 60.1 Å². The maximum Gasteiger partial charge on any atom is 0.260 e. The van der Waals surface area contributed by atoms with Gasteiger partial charge in [0.1, 0.15) is 5.75 Å². The Morgan fingerprint density at radius 2 is 1.77 bits per heavy atom. The van der Waals surface area contributed by atoms with Gasteiger partial charge < -0.3 is 10.1 Å². The van der Waals surface area contributed by atoms with Crippen LogP contribution in [0.1, 0.15) is 18.9 Å². The van der Waals surface area contributed by atoms with Crippen molar-refractivity contribution in [2.24, 2.45) is 0 Å². The molecule has 0 aliphatic rings. The van der Waals surface area contributed by atoms with Crippen molar-refractivity contribution in [3.05, 3.63) is 77.3 Å². The van der Waals surface area contributed by atoms with Crippen LogP contribution in [0.5, 0.6) is 5.75 Å². The molecule has 26 heavy (non-hydrogen) atoms. The van der Waals surface area contributed by atoms with E-state index in [0.717, 1.165) is 34.4 Å². The second kappa shape index (κ2) is 8.72. The molecule has 134 valence electrons. The topological polar surface area (TPSA) is 38.3 Å². The number of ether oxygens (including phenoxy) is 1. The number of aryl methyl sites for hydroxylation is 1. The number of rotatable bonds is 7. The van der Waals surface area contributed by atoms with Gasteiger partial charge in [-0.15, -0.1) is 0 Å². The van der Waals surface area contributed by atoms with Crippen LogP contribution >= 0.6 is 11.6 Å². The predicted molar refractivity (Wildman–Crippen MR) is 107 cm³/mol. The van der Waals surface area contributed by atoms with Gasteiger partial charge >= 0.3 is 0 Å². The molecule has 0 bridgehead atoms. The van der Waals surface area contributed by atoms with E-state index in [1.165, 1.54) is 5.56 Å². The Balaban J connectivity index is 1.49. The number of amides is 1. The number of hydrogen-bond donors (Lipinski definition) is 1. The summed E-state index contributed by atoms with van der Waals surface area (Å²) in [7, 11) is 0. The SMILES string of the molecule is CC(Oc1cccc2ccccc12)C(=O)NCCCc1ccc(Cl)cc1. The molecule has 3 aromatic rings. The van der Waals surface area contributed by atoms with Gasteiger partial charge in [-0.2, -0.15) is 0 Å². The molecule has 3 rings (SSSR count). The van der Waals surface area contributed by atoms with Crippen LogP contribution in [0.15, 0.2) is 66.7 Å². The van der Waals surface area contributed by atoms with Crippen molar-refractivity contribution >= 4 is 28.3 Å². The molecule has 4 heteroatoms. The highest BCUT2D eigenvalue weighted by Crippen LogP contribution is 2.26. The van der Waals surface area contributed by atoms with Crippen LogP contribution in [0.25, 0.3) is 10.8 Å². The summed E-state index contributed by atoms with van der Waals surface area (Å²) in [5.74, 6) is 0.626. The quantitative estimate of drug-likeness (QED) is 0.596. The number of hydrogen-bond acceptors (Lipinski definition) is 2. The van der Waals surface area contributed by atoms with E-state index in [-0.39, 0.29) is 5.91 Å². The lowest BCUT2D eigenvalue weighted by atomic mass is 10.1. The summed E-state index contributed by atoms with van der Waals surface area (Å²) in [6.07, 6.45) is 1.22. The van der Waals surface area contributed by atoms with Crippen LogP contribution in [0.4, 0.5) is 0 Å². The lowest BCUT2D eigenvalue weighted by Gasteiger charge is -2.16. The van der Waals surface area contributed by atoms with Gasteiger partial charge in [-0.25, -0.2) is 0 Å². The number of nitrogens with one attached hydrogen (secondary N) is 1. The fourth-order valence-corrected chi connectivity index (χ4v) is 2.97. The van der Waals surface area contributed by atoms with E-state index in [4.69, 9.17) is 16.3 Å². The summed E-state index contributed by atoms with van der Waals surface area (Å²) in [6.45, 7) is 2.39. The second-order valence-electron chi connectivity index (χ2n) is 6.26. The van der Waals surface area contributed by atoms with Crippen molar-refractivity contribution < 1.29 is 9.53 Å². The van der Waals surface area contributed by atoms with Gasteiger partial charge in [0.05, 0.1) is 0 Å². The smallest absolute Gasteiger partial charge is 0.260 e. The highest BCUT2D eigenvalue weighted by molar-refractivity contribution is 6.30. The van der Waals surface area contributed by atoms with E-state index in [9.17, 15) is 4.79 Å². The monoisotopic (exact) mass is 367 g/mol. The molecule has 1 N–H and O–H groups in total. The average Bonchev–Trinajstić information content (AvgIpc) is 2.66. The zero-order valence-corrected chi connectivity index (χ0v) is 15.5. The van der Waals surface area contributed by atoms with Gasteiger partial charge in [0.2, 0.25) is 0 Å². The fraction of sp³-hybridized carbons (Fsp3) is 0.227. The fourth-order valence-electron chi connectivity index (χ4n) is 2.84. The van der Waals surface area contributed by atoms with Crippen LogP contribution in [-0.2, 0) is 11.2 Å². The largest absolute Gasteiger partial charge is 0.480 e. The molecule has 0 saturated carbocycles. The number of carbonyl (C=O) groups is 1. The molecule has 1 amide bonds. The summed E-state index contributed by atoms with van der Waals surface area (Å²) < 4.78 is 5.89. The van der Waals surface area contributed by atoms with Crippen molar-refractivity contribution in [3.63, 3.8) is 0 Å². The van der Waals surface area contributed by atoms with Gasteiger partial charge in [0.25, 0.3) is 5.91 Å². The molecule has 0 aromatic heterocycles. The van der Waals surface area contributed by atoms with Crippen LogP contribution in [0, 0.1) is 0 Å². The maximum absolute atomic E-state index is 12.3. The first-order chi connectivity index (χ1) is 12.6. The first-order valence-electron chi connectivity index (χ1n) is 8.80. The number of carbonyl (C=O) groups excluding carboxylic acids is 1. The first kappa shape index (κ1) is 18.3. The Hall–Kier alpha value is -2.52. The zero-order chi connectivity index (χ0) is 18.4. The molecule has 0 saturated heterocycles. The number of halogens is 1. The molecule has 1 atom stereocenters. The van der Waals surface area contributed by atoms with Crippen LogP contribution in [0.2, 0.25) is 5.02 Å². The standard InChI is InChI=1S/C22H22ClNO2/c1-16(26-21-10-4-8-18-7-2-3-9-20(18)21)22(25)24-15-5-6-17-11-13-19(23)14-12-17/h2-4,7-14,16H,5-6,15H2,1H3,(H,24,25). The van der Waals surface area contributed by atoms with E-state index >= 15 is 0 Å². The second-order valence-corrected chi connectivity index (χ2v) is 6.69. The summed E-state index contributed by atoms with van der Waals surface area (Å²) in [6, 6.07) is 21.6. The van der Waals surface area contributed by atoms with Gasteiger partial charge in [0.15, 0.2) is 6.10 Å². The Morgan fingerprint density at radius 3 is 2.58 bits per heavy atom. The van der Waals surface area contributed by atoms with E-state index in [1.54, 1.807) is 6.92 Å². The average molecular weight is 368 g/mol. The van der Waals surface area contributed by atoms with Crippen molar-refractivity contribution in [2.75, 3.05) is 6.54 Å². The highest BCUT2D eigenvalue weighted by atomic mass is 35.5. The molecule has 0 heterocycles. The molecular weight excluding hydrogens is 346 g/mol. The number of fused-ring (bicyclic) bond motifs is 1. The minimum Gasteiger partial charge on any atom is -0.480 e. The molecule has 0 aliphatic heterocycles. The summed E-state index contributed by atoms with van der Waals surface area (Å²) >= 11 is 5.88. The molecule has 0 aliphatic carbocycles. The lowest BCUT2D eigenvalue weighted by molar-refractivity contribution is -0.127. The summed E-state index contributed by atoms with van der Waals surface area (Å²) in [5.41, 5.74) is 1.21. The minimum absolute atomic E-state index is 0.103. The third-order valence-corrected chi connectivity index (χ3v) is 4.53. The molecule has 0 spiro atoms. The van der Waals surface area contributed by atoms with E-state index in [0.29, 0.717) is 6.54 Å². The molecular formula is C22H22ClNO2. The van der Waals surface area contributed by atoms with Gasteiger partial charge in [-0.05, 0) is 48.9 Å². The highest BCUT2D eigenvalue weighted by Gasteiger charge is 2.15. The van der Waals surface area contributed by atoms with Crippen LogP contribution in [0.3, 0.4) is 0 Å². The first-order valence-corrected chi connectivity index (χ1v) is 9.18. The van der Waals surface area contributed by atoms with Crippen molar-refractivity contribution in [3.8, 4) is 5.75 Å². The predicted octanol–water partition coefficient (Wildman–Crippen LogP) is 5.01. The Labute approximate surface area is 158 Å². The number of benzene rings is 3. The van der Waals surface area contributed by atoms with Crippen molar-refractivity contribution in [1.29, 1.82) is 0 Å². The Kier molecular flexibility index (Phi) is 6.13. The van der Waals surface area contributed by atoms with E-state index in [1.807, 2.05) is 66.7 Å². The van der Waals surface area contributed by atoms with Crippen molar-refractivity contribution in [1.82, 2.24) is 5.32 Å². The maximum atomic E-state index is 12.3. The van der Waals surface area contributed by atoms with Crippen molar-refractivity contribution in [2.45, 2.75) is 25.9 Å². The van der Waals surface area contributed by atoms with Gasteiger partial charge in [-0.3, -0.25) is 4.79 Å². The van der Waals surface area contributed by atoms with E-state index in [2.05, 4.69) is 5.32 Å². The van der Waals surface area contributed by atoms with E-state index < -0.39 is 6.10 Å². The molecule has 3 aromatic carbocycles. The third kappa shape index (κ3) is 4.77. The normalized spacial score (nSPS) is 11.9. The lowest BCUT2D eigenvalue weighted by Crippen LogP contribution is -2.37. The third-order valence-electron chi connectivity index (χ3n) is 4.28. The Morgan fingerprint density at radius 1 is 1.04 bits per heavy atom. The van der Waals surface area contributed by atoms with Gasteiger partial charge in [0, 0.05) is 17.0 Å². The summed E-state index contributed by atoms with van der Waals surface area (Å²) in [4.78, 5) is 12.3. The Bertz CT molecular complexity index is 871.